The Hall–Kier alpha value is -3.51. The first-order valence-electron chi connectivity index (χ1n) is 11.5. The molecule has 1 saturated heterocycles. The molecule has 2 aromatic rings. The molecule has 3 N–H and O–H groups in total. The molecule has 1 aliphatic rings. The third-order valence-corrected chi connectivity index (χ3v) is 5.60. The van der Waals surface area contributed by atoms with Crippen molar-refractivity contribution in [3.8, 4) is 0 Å². The summed E-state index contributed by atoms with van der Waals surface area (Å²) in [5.41, 5.74) is 7.88. The van der Waals surface area contributed by atoms with Crippen molar-refractivity contribution in [1.29, 1.82) is 0 Å². The Balaban J connectivity index is 1.63. The first-order valence-corrected chi connectivity index (χ1v) is 11.5. The van der Waals surface area contributed by atoms with E-state index in [2.05, 4.69) is 0 Å². The van der Waals surface area contributed by atoms with Gasteiger partial charge in [0.15, 0.2) is 0 Å². The summed E-state index contributed by atoms with van der Waals surface area (Å²) >= 11 is 0. The molecular formula is C24H30F3N5O4. The number of anilines is 1. The standard InChI is InChI=1S/C24H30F3N5O4/c1-3-21(30-7-8-31(35-10-9-30)14-17-5-4-6-18(28)12-17)20(25)11-16(2)32-15-19(36-24(32)34)13-29-23(33)22(26)27/h3-6,11-12,15-16,22H,7-10,13-14,28H2,1-2H3,(H,29,33)/b20-11+,21-3+. The van der Waals surface area contributed by atoms with Crippen LogP contribution in [-0.4, -0.2) is 53.1 Å². The molecule has 1 amide bonds. The van der Waals surface area contributed by atoms with Gasteiger partial charge in [-0.15, -0.1) is 0 Å². The van der Waals surface area contributed by atoms with Crippen LogP contribution in [0.5, 0.6) is 0 Å². The number of hydrogen-bond acceptors (Lipinski definition) is 7. The minimum atomic E-state index is -3.18. The number of nitrogens with two attached hydrogens (primary N) is 1. The fourth-order valence-corrected chi connectivity index (χ4v) is 3.81. The Bertz CT molecular complexity index is 1160. The summed E-state index contributed by atoms with van der Waals surface area (Å²) in [4.78, 5) is 30.9. The summed E-state index contributed by atoms with van der Waals surface area (Å²) in [7, 11) is 0. The van der Waals surface area contributed by atoms with E-state index in [9.17, 15) is 18.4 Å². The third-order valence-electron chi connectivity index (χ3n) is 5.60. The second-order valence-corrected chi connectivity index (χ2v) is 8.25. The van der Waals surface area contributed by atoms with E-state index in [0.717, 1.165) is 10.1 Å². The summed E-state index contributed by atoms with van der Waals surface area (Å²) in [6, 6.07) is 6.79. The number of amides is 1. The molecule has 1 unspecified atom stereocenters. The topological polar surface area (TPSA) is 106 Å². The second-order valence-electron chi connectivity index (χ2n) is 8.25. The molecule has 1 atom stereocenters. The van der Waals surface area contributed by atoms with Gasteiger partial charge in [-0.3, -0.25) is 14.2 Å². The van der Waals surface area contributed by atoms with E-state index in [-0.39, 0.29) is 12.3 Å². The van der Waals surface area contributed by atoms with Crippen molar-refractivity contribution >= 4 is 11.6 Å². The van der Waals surface area contributed by atoms with E-state index < -0.39 is 30.0 Å². The highest BCUT2D eigenvalue weighted by Crippen LogP contribution is 2.22. The Morgan fingerprint density at radius 2 is 2.06 bits per heavy atom. The van der Waals surface area contributed by atoms with Gasteiger partial charge in [0.25, 0.3) is 5.91 Å². The number of oxazole rings is 1. The highest BCUT2D eigenvalue weighted by Gasteiger charge is 2.21. The van der Waals surface area contributed by atoms with E-state index in [1.807, 2.05) is 39.5 Å². The Morgan fingerprint density at radius 1 is 1.28 bits per heavy atom. The van der Waals surface area contributed by atoms with Crippen LogP contribution in [0.1, 0.15) is 31.2 Å². The molecule has 12 heteroatoms. The zero-order valence-electron chi connectivity index (χ0n) is 20.1. The maximum atomic E-state index is 15.3. The van der Waals surface area contributed by atoms with Crippen LogP contribution in [-0.2, 0) is 22.7 Å². The minimum Gasteiger partial charge on any atom is -0.411 e. The molecule has 196 valence electrons. The number of hydrogen-bond donors (Lipinski definition) is 2. The van der Waals surface area contributed by atoms with Crippen molar-refractivity contribution in [2.24, 2.45) is 0 Å². The number of alkyl halides is 2. The Labute approximate surface area is 206 Å². The number of nitrogen functional groups attached to an aromatic ring is 1. The van der Waals surface area contributed by atoms with Crippen LogP contribution in [0.2, 0.25) is 0 Å². The maximum Gasteiger partial charge on any atom is 0.419 e. The lowest BCUT2D eigenvalue weighted by molar-refractivity contribution is -0.154. The van der Waals surface area contributed by atoms with E-state index in [4.69, 9.17) is 15.0 Å². The molecule has 0 saturated carbocycles. The van der Waals surface area contributed by atoms with Gasteiger partial charge in [-0.25, -0.2) is 9.18 Å². The van der Waals surface area contributed by atoms with E-state index >= 15 is 4.39 Å². The zero-order valence-corrected chi connectivity index (χ0v) is 20.1. The van der Waals surface area contributed by atoms with Crippen LogP contribution in [0.15, 0.2) is 63.3 Å². The molecule has 1 aliphatic heterocycles. The average molecular weight is 510 g/mol. The molecule has 0 aliphatic carbocycles. The molecule has 2 heterocycles. The van der Waals surface area contributed by atoms with Gasteiger partial charge in [0.1, 0.15) is 11.6 Å². The average Bonchev–Trinajstić information content (AvgIpc) is 3.06. The smallest absolute Gasteiger partial charge is 0.411 e. The Kier molecular flexibility index (Phi) is 9.37. The summed E-state index contributed by atoms with van der Waals surface area (Å²) < 4.78 is 46.0. The van der Waals surface area contributed by atoms with Gasteiger partial charge >= 0.3 is 12.2 Å². The van der Waals surface area contributed by atoms with Crippen LogP contribution < -0.4 is 16.8 Å². The van der Waals surface area contributed by atoms with Gasteiger partial charge in [-0.05, 0) is 37.6 Å². The van der Waals surface area contributed by atoms with Crippen LogP contribution in [0, 0.1) is 0 Å². The molecule has 0 radical (unpaired) electrons. The fourth-order valence-electron chi connectivity index (χ4n) is 3.81. The maximum absolute atomic E-state index is 15.3. The fraction of sp³-hybridized carbons (Fsp3) is 0.417. The number of carbonyl (C=O) groups is 1. The summed E-state index contributed by atoms with van der Waals surface area (Å²) in [6.07, 6.45) is 0.994. The van der Waals surface area contributed by atoms with Crippen molar-refractivity contribution in [2.45, 2.75) is 39.4 Å². The lowest BCUT2D eigenvalue weighted by Gasteiger charge is -2.24. The lowest BCUT2D eigenvalue weighted by Crippen LogP contribution is -2.30. The van der Waals surface area contributed by atoms with Gasteiger partial charge in [0.2, 0.25) is 0 Å². The van der Waals surface area contributed by atoms with Gasteiger partial charge in [0, 0.05) is 31.9 Å². The molecule has 3 rings (SSSR count). The molecule has 36 heavy (non-hydrogen) atoms. The number of nitrogens with zero attached hydrogens (tertiary/aromatic N) is 3. The monoisotopic (exact) mass is 509 g/mol. The lowest BCUT2D eigenvalue weighted by atomic mass is 10.2. The predicted octanol–water partition coefficient (Wildman–Crippen LogP) is 2.97. The molecule has 0 spiro atoms. The number of allylic oxidation sites excluding steroid dienone is 3. The van der Waals surface area contributed by atoms with E-state index in [0.29, 0.717) is 44.2 Å². The van der Waals surface area contributed by atoms with Crippen molar-refractivity contribution in [3.63, 3.8) is 0 Å². The van der Waals surface area contributed by atoms with Crippen LogP contribution in [0.3, 0.4) is 0 Å². The molecule has 9 nitrogen and oxygen atoms in total. The van der Waals surface area contributed by atoms with Gasteiger partial charge in [0.05, 0.1) is 31.1 Å². The number of nitrogens with one attached hydrogen (secondary N) is 1. The summed E-state index contributed by atoms with van der Waals surface area (Å²) in [5, 5.41) is 3.77. The van der Waals surface area contributed by atoms with E-state index in [1.165, 1.54) is 12.3 Å². The molecule has 1 fully saturated rings. The number of aromatic nitrogens is 1. The second kappa shape index (κ2) is 12.5. The molecular weight excluding hydrogens is 479 g/mol. The number of benzene rings is 1. The highest BCUT2D eigenvalue weighted by atomic mass is 19.3. The number of hydroxylamine groups is 2. The predicted molar refractivity (Wildman–Crippen MR) is 127 cm³/mol. The van der Waals surface area contributed by atoms with Crippen molar-refractivity contribution in [3.05, 3.63) is 76.0 Å². The summed E-state index contributed by atoms with van der Waals surface area (Å²) in [5.74, 6) is -2.83. The molecule has 0 bridgehead atoms. The number of halogens is 3. The Morgan fingerprint density at radius 3 is 2.75 bits per heavy atom. The van der Waals surface area contributed by atoms with Gasteiger partial charge in [-0.1, -0.05) is 18.2 Å². The third kappa shape index (κ3) is 7.25. The molecule has 1 aromatic carbocycles. The quantitative estimate of drug-likeness (QED) is 0.396. The SMILES string of the molecule is C/C=C(\C(F)=C/C(C)n1cc(CNC(=O)C(F)F)oc1=O)N1CCON(Cc2cccc(N)c2)CC1. The van der Waals surface area contributed by atoms with Crippen molar-refractivity contribution < 1.29 is 27.2 Å². The first kappa shape index (κ1) is 27.1. The van der Waals surface area contributed by atoms with Crippen molar-refractivity contribution in [1.82, 2.24) is 19.8 Å². The summed E-state index contributed by atoms with van der Waals surface area (Å²) in [6.45, 7) is 5.33. The van der Waals surface area contributed by atoms with Gasteiger partial charge < -0.3 is 20.4 Å². The largest absolute Gasteiger partial charge is 0.419 e. The number of rotatable bonds is 9. The number of carbonyl (C=O) groups excluding carboxylic acids is 1. The zero-order chi connectivity index (χ0) is 26.2. The van der Waals surface area contributed by atoms with Crippen LogP contribution in [0.25, 0.3) is 0 Å². The molecule has 1 aromatic heterocycles. The van der Waals surface area contributed by atoms with Crippen LogP contribution >= 0.6 is 0 Å². The van der Waals surface area contributed by atoms with Crippen molar-refractivity contribution in [2.75, 3.05) is 32.0 Å². The first-order chi connectivity index (χ1) is 17.2. The normalized spacial score (nSPS) is 16.8. The minimum absolute atomic E-state index is 0.0224. The van der Waals surface area contributed by atoms with Gasteiger partial charge in [-0.2, -0.15) is 13.8 Å². The highest BCUT2D eigenvalue weighted by molar-refractivity contribution is 5.78. The van der Waals surface area contributed by atoms with Crippen LogP contribution in [0.4, 0.5) is 18.9 Å². The van der Waals surface area contributed by atoms with E-state index in [1.54, 1.807) is 19.9 Å².